The summed E-state index contributed by atoms with van der Waals surface area (Å²) in [7, 11) is 0. The van der Waals surface area contributed by atoms with Gasteiger partial charge < -0.3 is 5.73 Å². The van der Waals surface area contributed by atoms with E-state index in [1.807, 2.05) is 18.3 Å². The fraction of sp³-hybridized carbons (Fsp3) is 0.533. The normalized spacial score (nSPS) is 20.7. The van der Waals surface area contributed by atoms with Crippen LogP contribution in [0.3, 0.4) is 0 Å². The number of hydrogen-bond donors (Lipinski definition) is 1. The first-order valence-corrected chi connectivity index (χ1v) is 7.13. The van der Waals surface area contributed by atoms with Crippen molar-refractivity contribution in [1.29, 1.82) is 0 Å². The molecule has 4 nitrogen and oxygen atoms in total. The Morgan fingerprint density at radius 2 is 2.26 bits per heavy atom. The van der Waals surface area contributed by atoms with Crippen LogP contribution in [0.15, 0.2) is 24.4 Å². The lowest BCUT2D eigenvalue weighted by Crippen LogP contribution is -2.37. The topological polar surface area (TPSA) is 46.6 Å². The minimum Gasteiger partial charge on any atom is -0.385 e. The summed E-state index contributed by atoms with van der Waals surface area (Å²) in [4.78, 5) is 7.15. The predicted octanol–water partition coefficient (Wildman–Crippen LogP) is 2.33. The number of nitrogens with two attached hydrogens (primary N) is 1. The largest absolute Gasteiger partial charge is 0.385 e. The number of imidazole rings is 1. The number of anilines is 1. The van der Waals surface area contributed by atoms with Gasteiger partial charge in [-0.25, -0.2) is 4.98 Å². The minimum atomic E-state index is 0.602. The molecule has 0 radical (unpaired) electrons. The van der Waals surface area contributed by atoms with Gasteiger partial charge >= 0.3 is 0 Å². The van der Waals surface area contributed by atoms with Crippen molar-refractivity contribution in [3.05, 3.63) is 30.2 Å². The number of nitrogen functional groups attached to an aromatic ring is 1. The molecular weight excluding hydrogens is 236 g/mol. The SMILES string of the molecule is CC(C)N1CCCC1Cc1ncc2cccc(N)n12. The zero-order valence-corrected chi connectivity index (χ0v) is 11.7. The van der Waals surface area contributed by atoms with E-state index >= 15 is 0 Å². The summed E-state index contributed by atoms with van der Waals surface area (Å²) in [6.45, 7) is 5.76. The van der Waals surface area contributed by atoms with Gasteiger partial charge in [0.25, 0.3) is 0 Å². The molecule has 0 saturated carbocycles. The molecule has 1 aliphatic rings. The molecule has 1 aliphatic heterocycles. The molecule has 1 saturated heterocycles. The molecule has 102 valence electrons. The van der Waals surface area contributed by atoms with Crippen molar-refractivity contribution < 1.29 is 0 Å². The molecule has 2 aromatic heterocycles. The van der Waals surface area contributed by atoms with Crippen molar-refractivity contribution in [3.63, 3.8) is 0 Å². The van der Waals surface area contributed by atoms with Crippen molar-refractivity contribution in [1.82, 2.24) is 14.3 Å². The van der Waals surface area contributed by atoms with Gasteiger partial charge in [0.2, 0.25) is 0 Å². The summed E-state index contributed by atoms with van der Waals surface area (Å²) < 4.78 is 2.08. The number of likely N-dealkylation sites (tertiary alicyclic amines) is 1. The van der Waals surface area contributed by atoms with Crippen LogP contribution < -0.4 is 5.73 Å². The van der Waals surface area contributed by atoms with Crippen LogP contribution in [0.5, 0.6) is 0 Å². The van der Waals surface area contributed by atoms with Crippen LogP contribution in [-0.2, 0) is 6.42 Å². The van der Waals surface area contributed by atoms with Gasteiger partial charge in [-0.1, -0.05) is 6.07 Å². The first-order valence-electron chi connectivity index (χ1n) is 7.13. The lowest BCUT2D eigenvalue weighted by Gasteiger charge is -2.27. The lowest BCUT2D eigenvalue weighted by atomic mass is 10.1. The van der Waals surface area contributed by atoms with Crippen LogP contribution in [0.2, 0.25) is 0 Å². The Morgan fingerprint density at radius 3 is 3.05 bits per heavy atom. The summed E-state index contributed by atoms with van der Waals surface area (Å²) >= 11 is 0. The van der Waals surface area contributed by atoms with Crippen LogP contribution in [0.1, 0.15) is 32.5 Å². The number of rotatable bonds is 3. The van der Waals surface area contributed by atoms with Crippen molar-refractivity contribution in [3.8, 4) is 0 Å². The van der Waals surface area contributed by atoms with E-state index in [9.17, 15) is 0 Å². The average Bonchev–Trinajstić information content (AvgIpc) is 2.98. The van der Waals surface area contributed by atoms with Crippen molar-refractivity contribution in [2.24, 2.45) is 0 Å². The van der Waals surface area contributed by atoms with E-state index in [1.54, 1.807) is 0 Å². The molecular formula is C15H22N4. The molecule has 3 heterocycles. The van der Waals surface area contributed by atoms with E-state index in [0.29, 0.717) is 12.1 Å². The van der Waals surface area contributed by atoms with Gasteiger partial charge in [0.1, 0.15) is 11.6 Å². The molecule has 0 aliphatic carbocycles. The Bertz CT molecular complexity index is 573. The monoisotopic (exact) mass is 258 g/mol. The predicted molar refractivity (Wildman–Crippen MR) is 78.2 cm³/mol. The van der Waals surface area contributed by atoms with Crippen LogP contribution in [0.4, 0.5) is 5.82 Å². The summed E-state index contributed by atoms with van der Waals surface area (Å²) in [5.41, 5.74) is 7.17. The van der Waals surface area contributed by atoms with Crippen molar-refractivity contribution in [2.45, 2.75) is 45.2 Å². The third-order valence-corrected chi connectivity index (χ3v) is 4.16. The molecule has 1 fully saturated rings. The minimum absolute atomic E-state index is 0.602. The van der Waals surface area contributed by atoms with Gasteiger partial charge in [-0.15, -0.1) is 0 Å². The van der Waals surface area contributed by atoms with Gasteiger partial charge in [-0.3, -0.25) is 9.30 Å². The highest BCUT2D eigenvalue weighted by molar-refractivity contribution is 5.53. The summed E-state index contributed by atoms with van der Waals surface area (Å²) in [5, 5.41) is 0. The third kappa shape index (κ3) is 2.21. The zero-order valence-electron chi connectivity index (χ0n) is 11.7. The first kappa shape index (κ1) is 12.5. The maximum absolute atomic E-state index is 6.08. The second-order valence-corrected chi connectivity index (χ2v) is 5.72. The fourth-order valence-corrected chi connectivity index (χ4v) is 3.25. The molecule has 1 unspecified atom stereocenters. The lowest BCUT2D eigenvalue weighted by molar-refractivity contribution is 0.201. The van der Waals surface area contributed by atoms with Crippen molar-refractivity contribution in [2.75, 3.05) is 12.3 Å². The highest BCUT2D eigenvalue weighted by atomic mass is 15.2. The molecule has 0 spiro atoms. The van der Waals surface area contributed by atoms with Crippen molar-refractivity contribution >= 4 is 11.3 Å². The van der Waals surface area contributed by atoms with E-state index in [1.165, 1.54) is 19.4 Å². The standard InChI is InChI=1S/C15H22N4/c1-11(2)18-8-4-6-12(18)9-15-17-10-13-5-3-7-14(16)19(13)15/h3,5,7,10-12H,4,6,8-9,16H2,1-2H3. The zero-order chi connectivity index (χ0) is 13.4. The molecule has 3 rings (SSSR count). The van der Waals surface area contributed by atoms with Gasteiger partial charge in [0.05, 0.1) is 11.7 Å². The molecule has 2 N–H and O–H groups in total. The first-order chi connectivity index (χ1) is 9.16. The third-order valence-electron chi connectivity index (χ3n) is 4.16. The number of nitrogens with zero attached hydrogens (tertiary/aromatic N) is 3. The summed E-state index contributed by atoms with van der Waals surface area (Å²) in [6, 6.07) is 7.18. The highest BCUT2D eigenvalue weighted by Crippen LogP contribution is 2.24. The second kappa shape index (κ2) is 4.85. The summed E-state index contributed by atoms with van der Waals surface area (Å²) in [5.74, 6) is 1.87. The maximum Gasteiger partial charge on any atom is 0.116 e. The Kier molecular flexibility index (Phi) is 3.19. The van der Waals surface area contributed by atoms with E-state index in [-0.39, 0.29) is 0 Å². The van der Waals surface area contributed by atoms with Gasteiger partial charge in [-0.2, -0.15) is 0 Å². The Labute approximate surface area is 114 Å². The quantitative estimate of drug-likeness (QED) is 0.919. The van der Waals surface area contributed by atoms with Gasteiger partial charge in [0, 0.05) is 18.5 Å². The molecule has 4 heteroatoms. The Balaban J connectivity index is 1.89. The fourth-order valence-electron chi connectivity index (χ4n) is 3.25. The number of hydrogen-bond acceptors (Lipinski definition) is 3. The molecule has 0 aromatic carbocycles. The Hall–Kier alpha value is -1.55. The number of aromatic nitrogens is 2. The number of pyridine rings is 1. The maximum atomic E-state index is 6.08. The van der Waals surface area contributed by atoms with Gasteiger partial charge in [0.15, 0.2) is 0 Å². The van der Waals surface area contributed by atoms with Gasteiger partial charge in [-0.05, 0) is 45.4 Å². The number of fused-ring (bicyclic) bond motifs is 1. The van der Waals surface area contributed by atoms with Crippen LogP contribution in [-0.4, -0.2) is 32.9 Å². The smallest absolute Gasteiger partial charge is 0.116 e. The average molecular weight is 258 g/mol. The van der Waals surface area contributed by atoms with Crippen LogP contribution in [0, 0.1) is 0 Å². The van der Waals surface area contributed by atoms with E-state index < -0.39 is 0 Å². The second-order valence-electron chi connectivity index (χ2n) is 5.72. The summed E-state index contributed by atoms with van der Waals surface area (Å²) in [6.07, 6.45) is 5.46. The van der Waals surface area contributed by atoms with E-state index in [2.05, 4.69) is 34.2 Å². The van der Waals surface area contributed by atoms with E-state index in [0.717, 1.165) is 23.6 Å². The molecule has 0 bridgehead atoms. The Morgan fingerprint density at radius 1 is 1.42 bits per heavy atom. The molecule has 1 atom stereocenters. The van der Waals surface area contributed by atoms with E-state index in [4.69, 9.17) is 5.73 Å². The molecule has 19 heavy (non-hydrogen) atoms. The van der Waals surface area contributed by atoms with Crippen LogP contribution >= 0.6 is 0 Å². The molecule has 0 amide bonds. The highest BCUT2D eigenvalue weighted by Gasteiger charge is 2.27. The molecule has 2 aromatic rings. The van der Waals surface area contributed by atoms with Crippen LogP contribution in [0.25, 0.3) is 5.52 Å².